The van der Waals surface area contributed by atoms with Crippen molar-refractivity contribution < 1.29 is 14.0 Å². The fourth-order valence-corrected chi connectivity index (χ4v) is 2.11. The number of ketones is 1. The van der Waals surface area contributed by atoms with Crippen molar-refractivity contribution in [2.75, 3.05) is 0 Å². The smallest absolute Gasteiger partial charge is 0.319 e. The summed E-state index contributed by atoms with van der Waals surface area (Å²) in [7, 11) is 0. The van der Waals surface area contributed by atoms with Gasteiger partial charge < -0.3 is 15.1 Å². The first kappa shape index (κ1) is 12.4. The van der Waals surface area contributed by atoms with E-state index in [0.717, 1.165) is 12.0 Å². The maximum atomic E-state index is 12.1. The van der Waals surface area contributed by atoms with Gasteiger partial charge in [-0.25, -0.2) is 4.79 Å². The quantitative estimate of drug-likeness (QED) is 0.858. The van der Waals surface area contributed by atoms with Gasteiger partial charge in [0, 0.05) is 23.3 Å². The van der Waals surface area contributed by atoms with Gasteiger partial charge in [0.2, 0.25) is 0 Å². The molecule has 2 amide bonds. The number of carbonyl (C=O) groups is 2. The molecule has 2 heterocycles. The number of amides is 2. The summed E-state index contributed by atoms with van der Waals surface area (Å²) in [5.74, 6) is 0.0497. The van der Waals surface area contributed by atoms with E-state index in [4.69, 9.17) is 4.42 Å². The topological polar surface area (TPSA) is 71.3 Å². The van der Waals surface area contributed by atoms with Crippen LogP contribution in [0, 0.1) is 0 Å². The summed E-state index contributed by atoms with van der Waals surface area (Å²) in [6.07, 6.45) is 4.32. The van der Waals surface area contributed by atoms with Crippen molar-refractivity contribution in [3.8, 4) is 0 Å². The molecule has 0 bridgehead atoms. The molecule has 1 aromatic heterocycles. The zero-order valence-corrected chi connectivity index (χ0v) is 10.4. The van der Waals surface area contributed by atoms with Crippen molar-refractivity contribution in [1.82, 2.24) is 10.6 Å². The van der Waals surface area contributed by atoms with E-state index in [2.05, 4.69) is 10.6 Å². The van der Waals surface area contributed by atoms with Gasteiger partial charge in [0.1, 0.15) is 0 Å². The molecule has 1 aromatic rings. The largest absolute Gasteiger partial charge is 0.472 e. The highest BCUT2D eigenvalue weighted by Gasteiger charge is 2.30. The van der Waals surface area contributed by atoms with Crippen molar-refractivity contribution in [2.24, 2.45) is 0 Å². The predicted molar refractivity (Wildman–Crippen MR) is 65.7 cm³/mol. The second-order valence-electron chi connectivity index (χ2n) is 4.30. The van der Waals surface area contributed by atoms with Crippen LogP contribution >= 0.6 is 0 Å². The number of allylic oxidation sites excluding steroid dienone is 1. The van der Waals surface area contributed by atoms with Gasteiger partial charge in [0.25, 0.3) is 0 Å². The number of rotatable bonds is 4. The number of furan rings is 1. The molecule has 0 spiro atoms. The normalized spacial score (nSPS) is 19.4. The van der Waals surface area contributed by atoms with Crippen LogP contribution < -0.4 is 10.6 Å². The zero-order valence-electron chi connectivity index (χ0n) is 10.4. The van der Waals surface area contributed by atoms with Crippen molar-refractivity contribution in [2.45, 2.75) is 32.7 Å². The Hall–Kier alpha value is -2.04. The van der Waals surface area contributed by atoms with Crippen molar-refractivity contribution >= 4 is 11.8 Å². The Morgan fingerprint density at radius 1 is 1.50 bits per heavy atom. The van der Waals surface area contributed by atoms with Gasteiger partial charge in [-0.15, -0.1) is 0 Å². The van der Waals surface area contributed by atoms with E-state index in [1.807, 2.05) is 6.92 Å². The molecule has 2 rings (SSSR count). The molecule has 1 atom stereocenters. The van der Waals surface area contributed by atoms with Crippen LogP contribution in [0.2, 0.25) is 0 Å². The minimum absolute atomic E-state index is 0.0497. The predicted octanol–water partition coefficient (Wildman–Crippen LogP) is 2.28. The Bertz CT molecular complexity index is 488. The Morgan fingerprint density at radius 3 is 2.89 bits per heavy atom. The highest BCUT2D eigenvalue weighted by molar-refractivity contribution is 5.99. The molecule has 5 nitrogen and oxygen atoms in total. The van der Waals surface area contributed by atoms with Crippen molar-refractivity contribution in [3.05, 3.63) is 35.4 Å². The first-order valence-electron chi connectivity index (χ1n) is 5.97. The van der Waals surface area contributed by atoms with Gasteiger partial charge in [-0.3, -0.25) is 4.79 Å². The lowest BCUT2D eigenvalue weighted by atomic mass is 9.92. The second kappa shape index (κ2) is 5.08. The highest BCUT2D eigenvalue weighted by Crippen LogP contribution is 2.28. The molecule has 0 radical (unpaired) electrons. The Labute approximate surface area is 105 Å². The van der Waals surface area contributed by atoms with Crippen LogP contribution in [-0.2, 0) is 4.79 Å². The zero-order chi connectivity index (χ0) is 13.1. The van der Waals surface area contributed by atoms with Gasteiger partial charge in [0.05, 0.1) is 18.6 Å². The van der Waals surface area contributed by atoms with Gasteiger partial charge in [-0.1, -0.05) is 6.92 Å². The molecule has 1 aliphatic heterocycles. The number of carbonyl (C=O) groups excluding carboxylic acids is 2. The average molecular weight is 248 g/mol. The monoisotopic (exact) mass is 248 g/mol. The number of urea groups is 1. The van der Waals surface area contributed by atoms with E-state index in [1.165, 1.54) is 6.26 Å². The van der Waals surface area contributed by atoms with Crippen molar-refractivity contribution in [3.63, 3.8) is 0 Å². The molecule has 0 aromatic carbocycles. The molecule has 0 saturated carbocycles. The molecule has 96 valence electrons. The maximum Gasteiger partial charge on any atom is 0.319 e. The number of hydrogen-bond donors (Lipinski definition) is 2. The van der Waals surface area contributed by atoms with E-state index in [1.54, 1.807) is 19.3 Å². The Morgan fingerprint density at radius 2 is 2.28 bits per heavy atom. The van der Waals surface area contributed by atoms with E-state index < -0.39 is 6.04 Å². The second-order valence-corrected chi connectivity index (χ2v) is 4.30. The minimum Gasteiger partial charge on any atom is -0.472 e. The molecule has 0 saturated heterocycles. The molecule has 1 aliphatic rings. The maximum absolute atomic E-state index is 12.1. The summed E-state index contributed by atoms with van der Waals surface area (Å²) in [5.41, 5.74) is 2.00. The Balaban J connectivity index is 2.38. The first-order chi connectivity index (χ1) is 8.63. The molecule has 18 heavy (non-hydrogen) atoms. The standard InChI is InChI=1S/C13H16N2O3/c1-3-4-10(16)11-8(2)14-13(17)15-12(11)9-5-6-18-7-9/h5-7,12H,3-4H2,1-2H3,(H2,14,15,17). The molecule has 5 heteroatoms. The SMILES string of the molecule is CCCC(=O)C1=C(C)NC(=O)NC1c1ccoc1. The molecule has 2 N–H and O–H groups in total. The summed E-state index contributed by atoms with van der Waals surface area (Å²) in [4.78, 5) is 23.6. The van der Waals surface area contributed by atoms with Gasteiger partial charge in [-0.2, -0.15) is 0 Å². The number of nitrogens with one attached hydrogen (secondary N) is 2. The highest BCUT2D eigenvalue weighted by atomic mass is 16.3. The third kappa shape index (κ3) is 2.30. The lowest BCUT2D eigenvalue weighted by Crippen LogP contribution is -2.44. The molecular formula is C13H16N2O3. The third-order valence-electron chi connectivity index (χ3n) is 2.92. The summed E-state index contributed by atoms with van der Waals surface area (Å²) in [6.45, 7) is 3.70. The van der Waals surface area contributed by atoms with Gasteiger partial charge in [0.15, 0.2) is 5.78 Å². The number of hydrogen-bond acceptors (Lipinski definition) is 3. The molecule has 0 aliphatic carbocycles. The van der Waals surface area contributed by atoms with Crippen LogP contribution in [0.3, 0.4) is 0 Å². The van der Waals surface area contributed by atoms with Crippen LogP contribution in [-0.4, -0.2) is 11.8 Å². The summed E-state index contributed by atoms with van der Waals surface area (Å²) < 4.78 is 5.02. The van der Waals surface area contributed by atoms with E-state index >= 15 is 0 Å². The van der Waals surface area contributed by atoms with Crippen molar-refractivity contribution in [1.29, 1.82) is 0 Å². The van der Waals surface area contributed by atoms with E-state index in [-0.39, 0.29) is 11.8 Å². The average Bonchev–Trinajstić information content (AvgIpc) is 2.81. The van der Waals surface area contributed by atoms with E-state index in [9.17, 15) is 9.59 Å². The summed E-state index contributed by atoms with van der Waals surface area (Å²) >= 11 is 0. The van der Waals surface area contributed by atoms with Gasteiger partial charge in [-0.05, 0) is 19.4 Å². The van der Waals surface area contributed by atoms with Crippen LogP contribution in [0.5, 0.6) is 0 Å². The molecular weight excluding hydrogens is 232 g/mol. The summed E-state index contributed by atoms with van der Waals surface area (Å²) in [6, 6.07) is 1.03. The lowest BCUT2D eigenvalue weighted by Gasteiger charge is -2.27. The number of Topliss-reactive ketones (excluding diaryl/α,β-unsaturated/α-hetero) is 1. The van der Waals surface area contributed by atoms with E-state index in [0.29, 0.717) is 17.7 Å². The fraction of sp³-hybridized carbons (Fsp3) is 0.385. The minimum atomic E-state index is -0.420. The third-order valence-corrected chi connectivity index (χ3v) is 2.92. The lowest BCUT2D eigenvalue weighted by molar-refractivity contribution is -0.116. The first-order valence-corrected chi connectivity index (χ1v) is 5.97. The Kier molecular flexibility index (Phi) is 3.50. The fourth-order valence-electron chi connectivity index (χ4n) is 2.11. The van der Waals surface area contributed by atoms with Crippen LogP contribution in [0.1, 0.15) is 38.3 Å². The summed E-state index contributed by atoms with van der Waals surface area (Å²) in [5, 5.41) is 5.39. The van der Waals surface area contributed by atoms with Crippen LogP contribution in [0.4, 0.5) is 4.79 Å². The van der Waals surface area contributed by atoms with Crippen LogP contribution in [0.25, 0.3) is 0 Å². The molecule has 0 fully saturated rings. The molecule has 1 unspecified atom stereocenters. The van der Waals surface area contributed by atoms with Gasteiger partial charge >= 0.3 is 6.03 Å². The van der Waals surface area contributed by atoms with Crippen LogP contribution in [0.15, 0.2) is 34.3 Å².